The standard InChI is InChI=1S/C21H23N5O3S/c27-17-10-12-22-21(24-17)30-13-11-18(28)23-16-8-6-15(7-9-16)20-26-25-19(29-20)14-4-2-1-3-5-14/h1-5,10,12,15-16H,6-9,11,13H2,(H,23,28)(H,22,24,27)/t15-,16-. The Hall–Kier alpha value is -2.94. The molecular formula is C21H23N5O3S. The lowest BCUT2D eigenvalue weighted by atomic mass is 9.86. The molecule has 2 heterocycles. The monoisotopic (exact) mass is 425 g/mol. The highest BCUT2D eigenvalue weighted by Crippen LogP contribution is 2.33. The van der Waals surface area contributed by atoms with Gasteiger partial charge in [-0.25, -0.2) is 4.98 Å². The van der Waals surface area contributed by atoms with E-state index in [1.54, 1.807) is 0 Å². The summed E-state index contributed by atoms with van der Waals surface area (Å²) in [6.45, 7) is 0. The number of aromatic nitrogens is 4. The fraction of sp³-hybridized carbons (Fsp3) is 0.381. The number of aromatic amines is 1. The highest BCUT2D eigenvalue weighted by atomic mass is 32.2. The number of amides is 1. The molecule has 1 aliphatic rings. The van der Waals surface area contributed by atoms with Crippen molar-refractivity contribution in [3.63, 3.8) is 0 Å². The molecule has 0 radical (unpaired) electrons. The SMILES string of the molecule is O=C(CCSc1nccc(=O)[nH]1)N[C@H]1CC[C@H](c2nnc(-c3ccccc3)o2)CC1. The molecule has 0 bridgehead atoms. The minimum absolute atomic E-state index is 0.0217. The number of thioether (sulfide) groups is 1. The first kappa shape index (κ1) is 20.3. The van der Waals surface area contributed by atoms with E-state index in [0.717, 1.165) is 31.2 Å². The van der Waals surface area contributed by atoms with E-state index in [9.17, 15) is 9.59 Å². The summed E-state index contributed by atoms with van der Waals surface area (Å²) in [6.07, 6.45) is 5.44. The number of nitrogens with zero attached hydrogens (tertiary/aromatic N) is 3. The molecule has 0 saturated heterocycles. The van der Waals surface area contributed by atoms with Crippen LogP contribution in [0.5, 0.6) is 0 Å². The maximum absolute atomic E-state index is 12.2. The van der Waals surface area contributed by atoms with Crippen LogP contribution in [0, 0.1) is 0 Å². The second-order valence-electron chi connectivity index (χ2n) is 7.27. The quantitative estimate of drug-likeness (QED) is 0.441. The molecule has 3 aromatic rings. The number of hydrogen-bond donors (Lipinski definition) is 2. The normalized spacial score (nSPS) is 18.8. The van der Waals surface area contributed by atoms with Gasteiger partial charge in [-0.1, -0.05) is 30.0 Å². The topological polar surface area (TPSA) is 114 Å². The molecule has 8 nitrogen and oxygen atoms in total. The van der Waals surface area contributed by atoms with E-state index in [1.807, 2.05) is 30.3 Å². The van der Waals surface area contributed by atoms with Gasteiger partial charge in [-0.15, -0.1) is 10.2 Å². The van der Waals surface area contributed by atoms with Gasteiger partial charge < -0.3 is 14.7 Å². The molecule has 0 aliphatic heterocycles. The molecule has 1 amide bonds. The average Bonchev–Trinajstić information content (AvgIpc) is 3.25. The maximum atomic E-state index is 12.2. The van der Waals surface area contributed by atoms with Crippen LogP contribution in [-0.2, 0) is 4.79 Å². The Morgan fingerprint density at radius 1 is 1.13 bits per heavy atom. The van der Waals surface area contributed by atoms with Gasteiger partial charge in [0.05, 0.1) is 0 Å². The van der Waals surface area contributed by atoms with Gasteiger partial charge in [-0.05, 0) is 37.8 Å². The summed E-state index contributed by atoms with van der Waals surface area (Å²) in [5.74, 6) is 2.05. The minimum atomic E-state index is -0.189. The van der Waals surface area contributed by atoms with Crippen molar-refractivity contribution in [3.8, 4) is 11.5 Å². The molecule has 1 aliphatic carbocycles. The van der Waals surface area contributed by atoms with E-state index in [1.165, 1.54) is 24.0 Å². The maximum Gasteiger partial charge on any atom is 0.251 e. The summed E-state index contributed by atoms with van der Waals surface area (Å²) in [6, 6.07) is 11.3. The van der Waals surface area contributed by atoms with Gasteiger partial charge >= 0.3 is 0 Å². The molecule has 0 unspecified atom stereocenters. The van der Waals surface area contributed by atoms with E-state index < -0.39 is 0 Å². The summed E-state index contributed by atoms with van der Waals surface area (Å²) < 4.78 is 5.89. The predicted molar refractivity (Wildman–Crippen MR) is 113 cm³/mol. The summed E-state index contributed by atoms with van der Waals surface area (Å²) in [4.78, 5) is 30.2. The van der Waals surface area contributed by atoms with Gasteiger partial charge in [0.2, 0.25) is 17.7 Å². The summed E-state index contributed by atoms with van der Waals surface area (Å²) >= 11 is 1.37. The van der Waals surface area contributed by atoms with Crippen LogP contribution in [0.3, 0.4) is 0 Å². The molecule has 30 heavy (non-hydrogen) atoms. The molecule has 1 saturated carbocycles. The van der Waals surface area contributed by atoms with Crippen LogP contribution >= 0.6 is 11.8 Å². The predicted octanol–water partition coefficient (Wildman–Crippen LogP) is 3.14. The van der Waals surface area contributed by atoms with Gasteiger partial charge in [-0.3, -0.25) is 9.59 Å². The van der Waals surface area contributed by atoms with Crippen molar-refractivity contribution in [2.45, 2.75) is 49.2 Å². The summed E-state index contributed by atoms with van der Waals surface area (Å²) in [5, 5.41) is 12.1. The van der Waals surface area contributed by atoms with E-state index in [-0.39, 0.29) is 23.4 Å². The minimum Gasteiger partial charge on any atom is -0.420 e. The Labute approximate surface area is 177 Å². The lowest BCUT2D eigenvalue weighted by molar-refractivity contribution is -0.121. The van der Waals surface area contributed by atoms with Crippen molar-refractivity contribution < 1.29 is 9.21 Å². The highest BCUT2D eigenvalue weighted by molar-refractivity contribution is 7.99. The smallest absolute Gasteiger partial charge is 0.251 e. The number of carbonyl (C=O) groups excluding carboxylic acids is 1. The third-order valence-electron chi connectivity index (χ3n) is 5.12. The van der Waals surface area contributed by atoms with Gasteiger partial charge in [-0.2, -0.15) is 0 Å². The van der Waals surface area contributed by atoms with E-state index >= 15 is 0 Å². The molecular weight excluding hydrogens is 402 g/mol. The largest absolute Gasteiger partial charge is 0.420 e. The van der Waals surface area contributed by atoms with Crippen LogP contribution in [0.2, 0.25) is 0 Å². The van der Waals surface area contributed by atoms with Crippen molar-refractivity contribution in [3.05, 3.63) is 58.8 Å². The molecule has 2 aromatic heterocycles. The number of rotatable bonds is 7. The lowest BCUT2D eigenvalue weighted by Gasteiger charge is -2.27. The second-order valence-corrected chi connectivity index (χ2v) is 8.35. The van der Waals surface area contributed by atoms with Gasteiger partial charge in [0, 0.05) is 42.0 Å². The van der Waals surface area contributed by atoms with Gasteiger partial charge in [0.25, 0.3) is 5.56 Å². The van der Waals surface area contributed by atoms with E-state index in [2.05, 4.69) is 25.5 Å². The van der Waals surface area contributed by atoms with Crippen LogP contribution in [-0.4, -0.2) is 37.9 Å². The molecule has 2 N–H and O–H groups in total. The molecule has 4 rings (SSSR count). The lowest BCUT2D eigenvalue weighted by Crippen LogP contribution is -2.37. The van der Waals surface area contributed by atoms with Crippen LogP contribution in [0.4, 0.5) is 0 Å². The summed E-state index contributed by atoms with van der Waals surface area (Å²) in [7, 11) is 0. The number of H-pyrrole nitrogens is 1. The van der Waals surface area contributed by atoms with Gasteiger partial charge in [0.1, 0.15) is 0 Å². The fourth-order valence-corrected chi connectivity index (χ4v) is 4.34. The van der Waals surface area contributed by atoms with Crippen molar-refractivity contribution >= 4 is 17.7 Å². The highest BCUT2D eigenvalue weighted by Gasteiger charge is 2.27. The Morgan fingerprint density at radius 3 is 2.70 bits per heavy atom. The number of carbonyl (C=O) groups is 1. The second kappa shape index (κ2) is 9.71. The van der Waals surface area contributed by atoms with Crippen molar-refractivity contribution in [2.75, 3.05) is 5.75 Å². The first-order valence-corrected chi connectivity index (χ1v) is 11.0. The third-order valence-corrected chi connectivity index (χ3v) is 6.01. The summed E-state index contributed by atoms with van der Waals surface area (Å²) in [5.41, 5.74) is 0.732. The zero-order valence-electron chi connectivity index (χ0n) is 16.4. The van der Waals surface area contributed by atoms with Crippen LogP contribution in [0.15, 0.2) is 57.0 Å². The number of hydrogen-bond acceptors (Lipinski definition) is 7. The van der Waals surface area contributed by atoms with Crippen molar-refractivity contribution in [2.24, 2.45) is 0 Å². The molecule has 9 heteroatoms. The average molecular weight is 426 g/mol. The Kier molecular flexibility index (Phi) is 6.58. The molecule has 156 valence electrons. The first-order chi connectivity index (χ1) is 14.7. The first-order valence-electron chi connectivity index (χ1n) is 10.0. The van der Waals surface area contributed by atoms with Gasteiger partial charge in [0.15, 0.2) is 5.16 Å². The molecule has 1 aromatic carbocycles. The Bertz CT molecular complexity index is 1030. The van der Waals surface area contributed by atoms with E-state index in [0.29, 0.717) is 29.1 Å². The zero-order chi connectivity index (χ0) is 20.8. The number of nitrogens with one attached hydrogen (secondary N) is 2. The van der Waals surface area contributed by atoms with Crippen molar-refractivity contribution in [1.82, 2.24) is 25.5 Å². The number of benzene rings is 1. The van der Waals surface area contributed by atoms with E-state index in [4.69, 9.17) is 4.42 Å². The zero-order valence-corrected chi connectivity index (χ0v) is 17.2. The van der Waals surface area contributed by atoms with Crippen LogP contribution in [0.1, 0.15) is 43.9 Å². The third kappa shape index (κ3) is 5.35. The van der Waals surface area contributed by atoms with Crippen LogP contribution in [0.25, 0.3) is 11.5 Å². The molecule has 0 atom stereocenters. The molecule has 0 spiro atoms. The molecule has 1 fully saturated rings. The fourth-order valence-electron chi connectivity index (χ4n) is 3.55. The Morgan fingerprint density at radius 2 is 1.93 bits per heavy atom. The Balaban J connectivity index is 1.20. The van der Waals surface area contributed by atoms with Crippen molar-refractivity contribution in [1.29, 1.82) is 0 Å². The van der Waals surface area contributed by atoms with Crippen LogP contribution < -0.4 is 10.9 Å².